The lowest BCUT2D eigenvalue weighted by atomic mass is 10.0. The smallest absolute Gasteiger partial charge is 0.244 e. The van der Waals surface area contributed by atoms with Crippen LogP contribution in [-0.4, -0.2) is 50.5 Å². The molecule has 0 fully saturated rings. The summed E-state index contributed by atoms with van der Waals surface area (Å²) >= 11 is 0. The second kappa shape index (κ2) is 16.0. The first-order valence-corrected chi connectivity index (χ1v) is 16.9. The fourth-order valence-electron chi connectivity index (χ4n) is 4.85. The molecule has 0 radical (unpaired) electrons. The number of ether oxygens (including phenoxy) is 1. The molecule has 0 saturated carbocycles. The molecule has 0 bridgehead atoms. The summed E-state index contributed by atoms with van der Waals surface area (Å²) < 4.78 is 47.9. The van der Waals surface area contributed by atoms with Crippen LogP contribution < -0.4 is 14.4 Å². The van der Waals surface area contributed by atoms with Gasteiger partial charge in [0.05, 0.1) is 11.9 Å². The van der Waals surface area contributed by atoms with Crippen LogP contribution in [0, 0.1) is 11.7 Å². The second-order valence-corrected chi connectivity index (χ2v) is 13.4. The summed E-state index contributed by atoms with van der Waals surface area (Å²) in [5.74, 6) is -0.921. The lowest BCUT2D eigenvalue weighted by Gasteiger charge is -2.33. The highest BCUT2D eigenvalue weighted by Gasteiger charge is 2.33. The van der Waals surface area contributed by atoms with E-state index in [1.54, 1.807) is 42.5 Å². The molecule has 0 unspecified atom stereocenters. The number of benzene rings is 4. The lowest BCUT2D eigenvalue weighted by molar-refractivity contribution is -0.140. The summed E-state index contributed by atoms with van der Waals surface area (Å²) in [6, 6.07) is 30.2. The number of sulfonamides is 1. The summed E-state index contributed by atoms with van der Waals surface area (Å²) in [6.45, 7) is 3.79. The van der Waals surface area contributed by atoms with Gasteiger partial charge >= 0.3 is 0 Å². The number of amides is 2. The van der Waals surface area contributed by atoms with E-state index in [0.29, 0.717) is 18.9 Å². The summed E-state index contributed by atoms with van der Waals surface area (Å²) in [5.41, 5.74) is 2.23. The van der Waals surface area contributed by atoms with E-state index in [0.717, 1.165) is 21.7 Å². The van der Waals surface area contributed by atoms with E-state index in [1.807, 2.05) is 74.5 Å². The van der Waals surface area contributed by atoms with Gasteiger partial charge in [-0.3, -0.25) is 13.9 Å². The van der Waals surface area contributed by atoms with Crippen molar-refractivity contribution in [1.29, 1.82) is 0 Å². The Kier molecular flexibility index (Phi) is 11.9. The summed E-state index contributed by atoms with van der Waals surface area (Å²) in [4.78, 5) is 29.1. The molecule has 4 rings (SSSR count). The molecule has 10 heteroatoms. The van der Waals surface area contributed by atoms with Crippen molar-refractivity contribution in [3.05, 3.63) is 132 Å². The molecular formula is C36H40FN3O5S. The van der Waals surface area contributed by atoms with Crippen molar-refractivity contribution in [3.63, 3.8) is 0 Å². The van der Waals surface area contributed by atoms with Crippen LogP contribution in [0.1, 0.15) is 30.5 Å². The first-order chi connectivity index (χ1) is 22.0. The van der Waals surface area contributed by atoms with E-state index < -0.39 is 40.2 Å². The van der Waals surface area contributed by atoms with Gasteiger partial charge in [-0.25, -0.2) is 12.8 Å². The third-order valence-corrected chi connectivity index (χ3v) is 8.45. The van der Waals surface area contributed by atoms with Gasteiger partial charge in [-0.15, -0.1) is 0 Å². The standard InChI is InChI=1S/C36H40FN3O5S/c1-27(2)23-38-36(42)34(22-28-12-6-4-7-13-28)39(24-30-16-10-11-17-33(30)37)35(41)25-40(46(3,43)44)31-18-20-32(21-19-31)45-26-29-14-8-5-9-15-29/h4-21,27,34H,22-26H2,1-3H3,(H,38,42)/t34-/m0/s1. The minimum Gasteiger partial charge on any atom is -0.489 e. The minimum absolute atomic E-state index is 0.150. The fraction of sp³-hybridized carbons (Fsp3) is 0.278. The fourth-order valence-corrected chi connectivity index (χ4v) is 5.70. The molecule has 0 saturated heterocycles. The molecule has 4 aromatic rings. The van der Waals surface area contributed by atoms with Gasteiger partial charge in [-0.2, -0.15) is 0 Å². The van der Waals surface area contributed by atoms with Crippen molar-refractivity contribution >= 4 is 27.5 Å². The van der Waals surface area contributed by atoms with Crippen LogP contribution in [0.4, 0.5) is 10.1 Å². The van der Waals surface area contributed by atoms with Crippen molar-refractivity contribution in [2.45, 2.75) is 39.5 Å². The van der Waals surface area contributed by atoms with Gasteiger partial charge in [0.15, 0.2) is 0 Å². The minimum atomic E-state index is -3.95. The largest absolute Gasteiger partial charge is 0.489 e. The second-order valence-electron chi connectivity index (χ2n) is 11.5. The molecule has 8 nitrogen and oxygen atoms in total. The van der Waals surface area contributed by atoms with Gasteiger partial charge in [0.2, 0.25) is 21.8 Å². The average molecular weight is 646 g/mol. The van der Waals surface area contributed by atoms with Crippen LogP contribution in [0.15, 0.2) is 109 Å². The Morgan fingerprint density at radius 2 is 1.41 bits per heavy atom. The summed E-state index contributed by atoms with van der Waals surface area (Å²) in [5, 5.41) is 2.91. The van der Waals surface area contributed by atoms with Crippen LogP contribution in [-0.2, 0) is 39.2 Å². The number of anilines is 1. The summed E-state index contributed by atoms with van der Waals surface area (Å²) in [7, 11) is -3.95. The van der Waals surface area contributed by atoms with E-state index in [2.05, 4.69) is 5.32 Å². The zero-order valence-electron chi connectivity index (χ0n) is 26.3. The lowest BCUT2D eigenvalue weighted by Crippen LogP contribution is -2.53. The van der Waals surface area contributed by atoms with Crippen LogP contribution in [0.25, 0.3) is 0 Å². The Morgan fingerprint density at radius 3 is 2.00 bits per heavy atom. The van der Waals surface area contributed by atoms with Crippen LogP contribution in [0.3, 0.4) is 0 Å². The normalized spacial score (nSPS) is 11.9. The maximum absolute atomic E-state index is 14.9. The van der Waals surface area contributed by atoms with E-state index in [4.69, 9.17) is 4.74 Å². The molecule has 0 aliphatic carbocycles. The van der Waals surface area contributed by atoms with Gasteiger partial charge in [0, 0.05) is 25.1 Å². The number of hydrogen-bond donors (Lipinski definition) is 1. The van der Waals surface area contributed by atoms with E-state index in [9.17, 15) is 22.4 Å². The molecule has 1 N–H and O–H groups in total. The van der Waals surface area contributed by atoms with E-state index in [-0.39, 0.29) is 30.1 Å². The highest BCUT2D eigenvalue weighted by atomic mass is 32.2. The summed E-state index contributed by atoms with van der Waals surface area (Å²) in [6.07, 6.45) is 1.16. The number of rotatable bonds is 15. The van der Waals surface area contributed by atoms with Gasteiger partial charge in [0.25, 0.3) is 0 Å². The van der Waals surface area contributed by atoms with Crippen molar-refractivity contribution in [2.24, 2.45) is 5.92 Å². The van der Waals surface area contributed by atoms with Crippen LogP contribution in [0.2, 0.25) is 0 Å². The maximum Gasteiger partial charge on any atom is 0.244 e. The molecule has 0 aromatic heterocycles. The van der Waals surface area contributed by atoms with Crippen molar-refractivity contribution < 1.29 is 27.1 Å². The highest BCUT2D eigenvalue weighted by molar-refractivity contribution is 7.92. The SMILES string of the molecule is CC(C)CNC(=O)[C@H](Cc1ccccc1)N(Cc1ccccc1F)C(=O)CN(c1ccc(OCc2ccccc2)cc1)S(C)(=O)=O. The molecule has 0 aliphatic heterocycles. The number of carbonyl (C=O) groups is 2. The highest BCUT2D eigenvalue weighted by Crippen LogP contribution is 2.24. The zero-order chi connectivity index (χ0) is 33.1. The predicted molar refractivity (Wildman–Crippen MR) is 178 cm³/mol. The zero-order valence-corrected chi connectivity index (χ0v) is 27.1. The predicted octanol–water partition coefficient (Wildman–Crippen LogP) is 5.58. The molecule has 0 spiro atoms. The Bertz CT molecular complexity index is 1680. The third kappa shape index (κ3) is 9.90. The molecule has 0 heterocycles. The van der Waals surface area contributed by atoms with Crippen LogP contribution in [0.5, 0.6) is 5.75 Å². The topological polar surface area (TPSA) is 96.0 Å². The average Bonchev–Trinajstić information content (AvgIpc) is 3.04. The van der Waals surface area contributed by atoms with Crippen molar-refractivity contribution in [1.82, 2.24) is 10.2 Å². The number of nitrogens with zero attached hydrogens (tertiary/aromatic N) is 2. The maximum atomic E-state index is 14.9. The monoisotopic (exact) mass is 645 g/mol. The first-order valence-electron chi connectivity index (χ1n) is 15.1. The third-order valence-electron chi connectivity index (χ3n) is 7.31. The number of carbonyl (C=O) groups excluding carboxylic acids is 2. The Hall–Kier alpha value is -4.70. The van der Waals surface area contributed by atoms with Crippen LogP contribution >= 0.6 is 0 Å². The Labute approximate surface area is 270 Å². The Balaban J connectivity index is 1.64. The van der Waals surface area contributed by atoms with Gasteiger partial charge in [-0.1, -0.05) is 92.7 Å². The molecular weight excluding hydrogens is 605 g/mol. The number of hydrogen-bond acceptors (Lipinski definition) is 5. The number of halogens is 1. The van der Waals surface area contributed by atoms with Gasteiger partial charge in [0.1, 0.15) is 30.8 Å². The first kappa shape index (κ1) is 34.2. The number of nitrogens with one attached hydrogen (secondary N) is 1. The molecule has 1 atom stereocenters. The molecule has 46 heavy (non-hydrogen) atoms. The Morgan fingerprint density at radius 1 is 0.826 bits per heavy atom. The quantitative estimate of drug-likeness (QED) is 0.182. The molecule has 4 aromatic carbocycles. The molecule has 2 amide bonds. The molecule has 242 valence electrons. The van der Waals surface area contributed by atoms with Gasteiger partial charge < -0.3 is 15.0 Å². The van der Waals surface area contributed by atoms with Crippen molar-refractivity contribution in [2.75, 3.05) is 23.7 Å². The molecule has 0 aliphatic rings. The van der Waals surface area contributed by atoms with Gasteiger partial charge in [-0.05, 0) is 47.4 Å². The van der Waals surface area contributed by atoms with E-state index in [1.165, 1.54) is 11.0 Å². The van der Waals surface area contributed by atoms with E-state index >= 15 is 0 Å². The van der Waals surface area contributed by atoms with Crippen molar-refractivity contribution in [3.8, 4) is 5.75 Å².